The standard InChI is InChI=1S/C13H12N2O4S/c1-7(16)18-11-4-3-9(5-12(11)19-8(2)17)10-6-20-13(14)15-10/h3-6H,1-2H3,(H2,14,15). The molecule has 104 valence electrons. The number of nitrogens with zero attached hydrogens (tertiary/aromatic N) is 1. The number of anilines is 1. The molecule has 6 nitrogen and oxygen atoms in total. The van der Waals surface area contributed by atoms with E-state index in [0.717, 1.165) is 0 Å². The number of rotatable bonds is 3. The Morgan fingerprint density at radius 2 is 1.80 bits per heavy atom. The summed E-state index contributed by atoms with van der Waals surface area (Å²) < 4.78 is 10.0. The summed E-state index contributed by atoms with van der Waals surface area (Å²) >= 11 is 1.31. The molecule has 0 fully saturated rings. The second-order valence-electron chi connectivity index (χ2n) is 3.92. The van der Waals surface area contributed by atoms with Gasteiger partial charge >= 0.3 is 11.9 Å². The molecule has 1 aromatic heterocycles. The van der Waals surface area contributed by atoms with Crippen LogP contribution in [-0.2, 0) is 9.59 Å². The molecule has 20 heavy (non-hydrogen) atoms. The second kappa shape index (κ2) is 5.70. The van der Waals surface area contributed by atoms with Gasteiger partial charge < -0.3 is 15.2 Å². The molecule has 0 saturated carbocycles. The lowest BCUT2D eigenvalue weighted by Gasteiger charge is -2.09. The first kappa shape index (κ1) is 14.0. The van der Waals surface area contributed by atoms with Gasteiger partial charge in [0.2, 0.25) is 0 Å². The van der Waals surface area contributed by atoms with Crippen LogP contribution in [0.4, 0.5) is 5.13 Å². The molecular weight excluding hydrogens is 280 g/mol. The predicted molar refractivity (Wildman–Crippen MR) is 74.6 cm³/mol. The van der Waals surface area contributed by atoms with Crippen LogP contribution in [0.2, 0.25) is 0 Å². The van der Waals surface area contributed by atoms with Crippen LogP contribution in [0.15, 0.2) is 23.6 Å². The van der Waals surface area contributed by atoms with Crippen molar-refractivity contribution in [1.82, 2.24) is 4.98 Å². The normalized spacial score (nSPS) is 10.1. The molecule has 2 rings (SSSR count). The van der Waals surface area contributed by atoms with Crippen molar-refractivity contribution in [2.75, 3.05) is 5.73 Å². The Morgan fingerprint density at radius 1 is 1.15 bits per heavy atom. The summed E-state index contributed by atoms with van der Waals surface area (Å²) in [5.74, 6) is -0.658. The molecule has 0 amide bonds. The van der Waals surface area contributed by atoms with Crippen molar-refractivity contribution in [3.05, 3.63) is 23.6 Å². The number of hydrogen-bond acceptors (Lipinski definition) is 7. The average molecular weight is 292 g/mol. The molecule has 0 bridgehead atoms. The van der Waals surface area contributed by atoms with Crippen LogP contribution in [0.5, 0.6) is 11.5 Å². The number of esters is 2. The van der Waals surface area contributed by atoms with E-state index in [0.29, 0.717) is 16.4 Å². The summed E-state index contributed by atoms with van der Waals surface area (Å²) in [4.78, 5) is 26.3. The smallest absolute Gasteiger partial charge is 0.308 e. The molecule has 0 radical (unpaired) electrons. The predicted octanol–water partition coefficient (Wildman–Crippen LogP) is 2.24. The van der Waals surface area contributed by atoms with Crippen LogP contribution in [-0.4, -0.2) is 16.9 Å². The summed E-state index contributed by atoms with van der Waals surface area (Å²) in [5, 5.41) is 2.23. The zero-order valence-corrected chi connectivity index (χ0v) is 11.7. The van der Waals surface area contributed by atoms with E-state index < -0.39 is 11.9 Å². The number of hydrogen-bond donors (Lipinski definition) is 1. The topological polar surface area (TPSA) is 91.5 Å². The number of aromatic nitrogens is 1. The molecule has 1 aromatic carbocycles. The van der Waals surface area contributed by atoms with Gasteiger partial charge in [-0.2, -0.15) is 0 Å². The molecule has 0 spiro atoms. The van der Waals surface area contributed by atoms with E-state index in [1.54, 1.807) is 23.6 Å². The van der Waals surface area contributed by atoms with Gasteiger partial charge in [-0.15, -0.1) is 11.3 Å². The molecule has 1 heterocycles. The van der Waals surface area contributed by atoms with Crippen molar-refractivity contribution in [2.45, 2.75) is 13.8 Å². The van der Waals surface area contributed by atoms with Gasteiger partial charge in [-0.25, -0.2) is 4.98 Å². The molecule has 0 aliphatic heterocycles. The van der Waals surface area contributed by atoms with Crippen molar-refractivity contribution in [3.8, 4) is 22.8 Å². The number of benzene rings is 1. The highest BCUT2D eigenvalue weighted by atomic mass is 32.1. The Balaban J connectivity index is 2.42. The van der Waals surface area contributed by atoms with Gasteiger partial charge in [-0.1, -0.05) is 0 Å². The van der Waals surface area contributed by atoms with Gasteiger partial charge in [0.15, 0.2) is 16.6 Å². The first-order valence-corrected chi connectivity index (χ1v) is 6.56. The zero-order chi connectivity index (χ0) is 14.7. The summed E-state index contributed by atoms with van der Waals surface area (Å²) in [6.45, 7) is 2.54. The van der Waals surface area contributed by atoms with E-state index in [1.165, 1.54) is 25.2 Å². The summed E-state index contributed by atoms with van der Waals surface area (Å²) in [6, 6.07) is 4.83. The maximum Gasteiger partial charge on any atom is 0.308 e. The highest BCUT2D eigenvalue weighted by Crippen LogP contribution is 2.33. The zero-order valence-electron chi connectivity index (χ0n) is 10.9. The van der Waals surface area contributed by atoms with Crippen molar-refractivity contribution in [2.24, 2.45) is 0 Å². The van der Waals surface area contributed by atoms with Gasteiger partial charge in [-0.05, 0) is 18.2 Å². The quantitative estimate of drug-likeness (QED) is 0.689. The fraction of sp³-hybridized carbons (Fsp3) is 0.154. The number of carbonyl (C=O) groups is 2. The largest absolute Gasteiger partial charge is 0.423 e. The Morgan fingerprint density at radius 3 is 2.35 bits per heavy atom. The minimum absolute atomic E-state index is 0.164. The minimum atomic E-state index is -0.506. The summed E-state index contributed by atoms with van der Waals surface area (Å²) in [7, 11) is 0. The van der Waals surface area contributed by atoms with E-state index in [-0.39, 0.29) is 11.5 Å². The Labute approximate surface area is 119 Å². The number of ether oxygens (including phenoxy) is 2. The number of nitrogens with two attached hydrogens (primary N) is 1. The molecule has 0 aliphatic carbocycles. The van der Waals surface area contributed by atoms with Crippen molar-refractivity contribution >= 4 is 28.4 Å². The highest BCUT2D eigenvalue weighted by molar-refractivity contribution is 7.13. The Hall–Kier alpha value is -2.41. The van der Waals surface area contributed by atoms with Crippen LogP contribution in [0.1, 0.15) is 13.8 Å². The van der Waals surface area contributed by atoms with Crippen LogP contribution in [0.3, 0.4) is 0 Å². The van der Waals surface area contributed by atoms with Crippen molar-refractivity contribution in [3.63, 3.8) is 0 Å². The second-order valence-corrected chi connectivity index (χ2v) is 4.81. The Bertz CT molecular complexity index is 666. The van der Waals surface area contributed by atoms with Gasteiger partial charge in [0.25, 0.3) is 0 Å². The van der Waals surface area contributed by atoms with Gasteiger partial charge in [-0.3, -0.25) is 9.59 Å². The molecule has 2 aromatic rings. The van der Waals surface area contributed by atoms with Crippen LogP contribution in [0, 0.1) is 0 Å². The fourth-order valence-electron chi connectivity index (χ4n) is 1.56. The maximum absolute atomic E-state index is 11.1. The van der Waals surface area contributed by atoms with Gasteiger partial charge in [0.05, 0.1) is 5.69 Å². The number of nitrogen functional groups attached to an aromatic ring is 1. The third kappa shape index (κ3) is 3.33. The van der Waals surface area contributed by atoms with Crippen molar-refractivity contribution < 1.29 is 19.1 Å². The van der Waals surface area contributed by atoms with E-state index in [1.807, 2.05) is 0 Å². The third-order valence-corrected chi connectivity index (χ3v) is 2.94. The van der Waals surface area contributed by atoms with E-state index in [2.05, 4.69) is 4.98 Å². The van der Waals surface area contributed by atoms with Gasteiger partial charge in [0.1, 0.15) is 0 Å². The molecule has 0 saturated heterocycles. The molecule has 7 heteroatoms. The number of carbonyl (C=O) groups excluding carboxylic acids is 2. The lowest BCUT2D eigenvalue weighted by Crippen LogP contribution is -2.07. The first-order chi connectivity index (χ1) is 9.45. The van der Waals surface area contributed by atoms with E-state index in [4.69, 9.17) is 15.2 Å². The van der Waals surface area contributed by atoms with Crippen LogP contribution < -0.4 is 15.2 Å². The highest BCUT2D eigenvalue weighted by Gasteiger charge is 2.13. The molecule has 2 N–H and O–H groups in total. The van der Waals surface area contributed by atoms with E-state index >= 15 is 0 Å². The third-order valence-electron chi connectivity index (χ3n) is 2.27. The summed E-state index contributed by atoms with van der Waals surface area (Å²) in [6.07, 6.45) is 0. The molecule has 0 unspecified atom stereocenters. The van der Waals surface area contributed by atoms with E-state index in [9.17, 15) is 9.59 Å². The lowest BCUT2D eigenvalue weighted by atomic mass is 10.1. The monoisotopic (exact) mass is 292 g/mol. The lowest BCUT2D eigenvalue weighted by molar-refractivity contribution is -0.134. The average Bonchev–Trinajstić information content (AvgIpc) is 2.77. The SMILES string of the molecule is CC(=O)Oc1ccc(-c2csc(N)n2)cc1OC(C)=O. The molecular formula is C13H12N2O4S. The van der Waals surface area contributed by atoms with Crippen LogP contribution in [0.25, 0.3) is 11.3 Å². The van der Waals surface area contributed by atoms with Gasteiger partial charge in [0, 0.05) is 24.8 Å². The maximum atomic E-state index is 11.1. The van der Waals surface area contributed by atoms with Crippen LogP contribution >= 0.6 is 11.3 Å². The fourth-order valence-corrected chi connectivity index (χ4v) is 2.13. The van der Waals surface area contributed by atoms with Crippen molar-refractivity contribution in [1.29, 1.82) is 0 Å². The Kier molecular flexibility index (Phi) is 3.99. The first-order valence-electron chi connectivity index (χ1n) is 5.68. The molecule has 0 aliphatic rings. The summed E-state index contributed by atoms with van der Waals surface area (Å²) in [5.41, 5.74) is 6.96. The minimum Gasteiger partial charge on any atom is -0.423 e. The molecule has 0 atom stereocenters. The number of thiazole rings is 1.